The molecule has 0 radical (unpaired) electrons. The summed E-state index contributed by atoms with van der Waals surface area (Å²) in [4.78, 5) is 27.2. The summed E-state index contributed by atoms with van der Waals surface area (Å²) in [5.41, 5.74) is 0. The van der Waals surface area contributed by atoms with Gasteiger partial charge in [-0.15, -0.1) is 0 Å². The van der Waals surface area contributed by atoms with Gasteiger partial charge in [-0.25, -0.2) is 4.79 Å². The minimum atomic E-state index is -0.532. The number of likely N-dealkylation sites (tertiary alicyclic amines) is 1. The quantitative estimate of drug-likeness (QED) is 0.796. The van der Waals surface area contributed by atoms with E-state index in [9.17, 15) is 9.59 Å². The fourth-order valence-electron chi connectivity index (χ4n) is 4.25. The average molecular weight is 354 g/mol. The average Bonchev–Trinajstić information content (AvgIpc) is 3.04. The maximum Gasteiger partial charge on any atom is 0.407 e. The lowest BCUT2D eigenvalue weighted by Gasteiger charge is -2.35. The number of rotatable bonds is 6. The molecule has 2 saturated heterocycles. The van der Waals surface area contributed by atoms with Crippen LogP contribution in [0.5, 0.6) is 0 Å². The van der Waals surface area contributed by atoms with Gasteiger partial charge in [0.15, 0.2) is 0 Å². The molecular formula is C19H34N2O4. The van der Waals surface area contributed by atoms with E-state index in [2.05, 4.69) is 26.1 Å². The van der Waals surface area contributed by atoms with Gasteiger partial charge in [0.25, 0.3) is 0 Å². The third-order valence-electron chi connectivity index (χ3n) is 5.64. The van der Waals surface area contributed by atoms with Gasteiger partial charge in [-0.1, -0.05) is 27.2 Å². The Bertz CT molecular complexity index is 449. The molecule has 0 aromatic carbocycles. The lowest BCUT2D eigenvalue weighted by atomic mass is 9.90. The molecule has 2 fully saturated rings. The molecular weight excluding hydrogens is 320 g/mol. The number of carbonyl (C=O) groups is 2. The van der Waals surface area contributed by atoms with Crippen LogP contribution in [0, 0.1) is 17.8 Å². The smallest absolute Gasteiger partial charge is 0.407 e. The fourth-order valence-corrected chi connectivity index (χ4v) is 4.25. The van der Waals surface area contributed by atoms with E-state index in [1.807, 2.05) is 4.90 Å². The van der Waals surface area contributed by atoms with Crippen LogP contribution in [0.25, 0.3) is 0 Å². The Kier molecular flexibility index (Phi) is 7.54. The number of methoxy groups -OCH3 is 1. The minimum absolute atomic E-state index is 0.0506. The van der Waals surface area contributed by atoms with Crippen LogP contribution in [-0.2, 0) is 14.3 Å². The highest BCUT2D eigenvalue weighted by Crippen LogP contribution is 2.33. The van der Waals surface area contributed by atoms with Crippen LogP contribution in [0.15, 0.2) is 0 Å². The molecule has 25 heavy (non-hydrogen) atoms. The zero-order chi connectivity index (χ0) is 18.4. The van der Waals surface area contributed by atoms with E-state index in [-0.39, 0.29) is 17.9 Å². The van der Waals surface area contributed by atoms with E-state index in [0.29, 0.717) is 25.0 Å². The molecule has 0 spiro atoms. The Balaban J connectivity index is 2.16. The molecule has 1 N–H and O–H groups in total. The number of hydrogen-bond acceptors (Lipinski definition) is 4. The molecule has 0 bridgehead atoms. The molecule has 0 saturated carbocycles. The third kappa shape index (κ3) is 5.09. The van der Waals surface area contributed by atoms with Crippen LogP contribution in [0.3, 0.4) is 0 Å². The van der Waals surface area contributed by atoms with Crippen molar-refractivity contribution in [3.05, 3.63) is 0 Å². The number of alkyl carbamates (subject to hydrolysis) is 1. The lowest BCUT2D eigenvalue weighted by molar-refractivity contribution is -0.137. The van der Waals surface area contributed by atoms with E-state index in [4.69, 9.17) is 9.47 Å². The van der Waals surface area contributed by atoms with Gasteiger partial charge in [0.1, 0.15) is 6.04 Å². The molecule has 144 valence electrons. The topological polar surface area (TPSA) is 67.9 Å². The molecule has 2 aliphatic rings. The first-order chi connectivity index (χ1) is 12.0. The minimum Gasteiger partial charge on any atom is -0.453 e. The maximum absolute atomic E-state index is 13.4. The second-order valence-electron chi connectivity index (χ2n) is 7.76. The molecule has 0 aromatic heterocycles. The predicted molar refractivity (Wildman–Crippen MR) is 96.2 cm³/mol. The van der Waals surface area contributed by atoms with E-state index in [0.717, 1.165) is 38.6 Å². The van der Waals surface area contributed by atoms with Crippen LogP contribution < -0.4 is 5.32 Å². The summed E-state index contributed by atoms with van der Waals surface area (Å²) in [6.07, 6.45) is 4.41. The van der Waals surface area contributed by atoms with Gasteiger partial charge in [-0.3, -0.25) is 4.79 Å². The molecule has 2 unspecified atom stereocenters. The van der Waals surface area contributed by atoms with Gasteiger partial charge in [0.05, 0.1) is 7.11 Å². The van der Waals surface area contributed by atoms with Crippen molar-refractivity contribution >= 4 is 12.0 Å². The Hall–Kier alpha value is -1.30. The second kappa shape index (κ2) is 9.41. The van der Waals surface area contributed by atoms with Crippen LogP contribution in [0.4, 0.5) is 4.79 Å². The van der Waals surface area contributed by atoms with Crippen molar-refractivity contribution < 1.29 is 19.1 Å². The van der Waals surface area contributed by atoms with E-state index in [1.54, 1.807) is 0 Å². The number of ether oxygens (including phenoxy) is 2. The normalized spacial score (nSPS) is 25.9. The van der Waals surface area contributed by atoms with Crippen molar-refractivity contribution in [1.82, 2.24) is 10.2 Å². The number of carbonyl (C=O) groups excluding carboxylic acids is 2. The van der Waals surface area contributed by atoms with Crippen molar-refractivity contribution in [3.63, 3.8) is 0 Å². The number of amides is 2. The van der Waals surface area contributed by atoms with Crippen molar-refractivity contribution in [2.45, 2.75) is 65.0 Å². The largest absolute Gasteiger partial charge is 0.453 e. The fraction of sp³-hybridized carbons (Fsp3) is 0.895. The highest BCUT2D eigenvalue weighted by Gasteiger charge is 2.42. The Labute approximate surface area is 151 Å². The highest BCUT2D eigenvalue weighted by molar-refractivity contribution is 5.86. The molecule has 2 aliphatic heterocycles. The standard InChI is InChI=1S/C19H34N2O4/c1-5-6-14-11-16(13(2)3)21(12-14)18(22)17(20-19(23)24-4)15-7-9-25-10-8-15/h13-17H,5-12H2,1-4H3,(H,20,23)/t14-,16?,17?/m0/s1. The zero-order valence-corrected chi connectivity index (χ0v) is 16.1. The highest BCUT2D eigenvalue weighted by atomic mass is 16.5. The van der Waals surface area contributed by atoms with Crippen molar-refractivity contribution in [2.24, 2.45) is 17.8 Å². The molecule has 2 rings (SSSR count). The predicted octanol–water partition coefficient (Wildman–Crippen LogP) is 2.81. The Morgan fingerprint density at radius 2 is 1.96 bits per heavy atom. The van der Waals surface area contributed by atoms with Gasteiger partial charge in [-0.2, -0.15) is 0 Å². The Morgan fingerprint density at radius 3 is 2.52 bits per heavy atom. The summed E-state index contributed by atoms with van der Waals surface area (Å²) >= 11 is 0. The first-order valence-electron chi connectivity index (χ1n) is 9.70. The summed E-state index contributed by atoms with van der Waals surface area (Å²) < 4.78 is 10.2. The molecule has 0 aromatic rings. The van der Waals surface area contributed by atoms with Gasteiger partial charge in [-0.05, 0) is 43.4 Å². The van der Waals surface area contributed by atoms with Gasteiger partial charge < -0.3 is 19.7 Å². The number of nitrogens with zero attached hydrogens (tertiary/aromatic N) is 1. The summed E-state index contributed by atoms with van der Waals surface area (Å²) in [5.74, 6) is 1.14. The van der Waals surface area contributed by atoms with Crippen LogP contribution in [0.2, 0.25) is 0 Å². The number of hydrogen-bond donors (Lipinski definition) is 1. The van der Waals surface area contributed by atoms with Gasteiger partial charge in [0.2, 0.25) is 5.91 Å². The Morgan fingerprint density at radius 1 is 1.28 bits per heavy atom. The van der Waals surface area contributed by atoms with Crippen molar-refractivity contribution in [1.29, 1.82) is 0 Å². The van der Waals surface area contributed by atoms with Crippen LogP contribution in [-0.4, -0.2) is 55.9 Å². The van der Waals surface area contributed by atoms with E-state index >= 15 is 0 Å². The van der Waals surface area contributed by atoms with Crippen molar-refractivity contribution in [3.8, 4) is 0 Å². The first kappa shape index (κ1) is 20.0. The summed E-state index contributed by atoms with van der Waals surface area (Å²) in [5, 5.41) is 2.81. The molecule has 3 atom stereocenters. The van der Waals surface area contributed by atoms with E-state index in [1.165, 1.54) is 7.11 Å². The molecule has 6 nitrogen and oxygen atoms in total. The first-order valence-corrected chi connectivity index (χ1v) is 9.70. The molecule has 2 amide bonds. The zero-order valence-electron chi connectivity index (χ0n) is 16.1. The molecule has 6 heteroatoms. The monoisotopic (exact) mass is 354 g/mol. The van der Waals surface area contributed by atoms with Crippen LogP contribution in [0.1, 0.15) is 52.9 Å². The van der Waals surface area contributed by atoms with Crippen molar-refractivity contribution in [2.75, 3.05) is 26.9 Å². The van der Waals surface area contributed by atoms with Crippen LogP contribution >= 0.6 is 0 Å². The second-order valence-corrected chi connectivity index (χ2v) is 7.76. The summed E-state index contributed by atoms with van der Waals surface area (Å²) in [7, 11) is 1.34. The maximum atomic E-state index is 13.4. The molecule has 2 heterocycles. The van der Waals surface area contributed by atoms with E-state index < -0.39 is 12.1 Å². The summed E-state index contributed by atoms with van der Waals surface area (Å²) in [6, 6.07) is -0.260. The van der Waals surface area contributed by atoms with Gasteiger partial charge in [0, 0.05) is 25.8 Å². The third-order valence-corrected chi connectivity index (χ3v) is 5.64. The lowest BCUT2D eigenvalue weighted by Crippen LogP contribution is -2.55. The number of nitrogens with one attached hydrogen (secondary N) is 1. The SMILES string of the molecule is CCC[C@H]1CC(C(C)C)N(C(=O)C(NC(=O)OC)C2CCOCC2)C1. The van der Waals surface area contributed by atoms with Gasteiger partial charge >= 0.3 is 6.09 Å². The summed E-state index contributed by atoms with van der Waals surface area (Å²) in [6.45, 7) is 8.64. The molecule has 0 aliphatic carbocycles.